The van der Waals surface area contributed by atoms with Crippen LogP contribution >= 0.6 is 11.6 Å². The molecule has 0 saturated carbocycles. The Bertz CT molecular complexity index is 291. The van der Waals surface area contributed by atoms with Crippen LogP contribution in [0.3, 0.4) is 0 Å². The summed E-state index contributed by atoms with van der Waals surface area (Å²) in [6.07, 6.45) is -2.68. The highest BCUT2D eigenvalue weighted by Gasteiger charge is 2.14. The van der Waals surface area contributed by atoms with Crippen LogP contribution in [0.1, 0.15) is 12.0 Å². The van der Waals surface area contributed by atoms with Crippen molar-refractivity contribution < 1.29 is 17.9 Å². The van der Waals surface area contributed by atoms with Crippen LogP contribution in [0.15, 0.2) is 18.2 Å². The lowest BCUT2D eigenvalue weighted by Gasteiger charge is -2.07. The molecule has 0 unspecified atom stereocenters. The van der Waals surface area contributed by atoms with Gasteiger partial charge in [0.05, 0.1) is 5.02 Å². The molecular formula is C8H6ClF3O. The van der Waals surface area contributed by atoms with Gasteiger partial charge in [-0.2, -0.15) is 0 Å². The molecule has 1 aromatic carbocycles. The summed E-state index contributed by atoms with van der Waals surface area (Å²) in [5.41, 5.74) is -0.354. The molecule has 0 spiro atoms. The SMILES string of the molecule is FCOc1cccc(C(F)F)c1Cl. The van der Waals surface area contributed by atoms with Gasteiger partial charge in [0.1, 0.15) is 5.75 Å². The zero-order chi connectivity index (χ0) is 9.84. The van der Waals surface area contributed by atoms with Gasteiger partial charge in [-0.3, -0.25) is 0 Å². The second kappa shape index (κ2) is 4.37. The number of hydrogen-bond acceptors (Lipinski definition) is 1. The maximum atomic E-state index is 12.2. The molecule has 0 saturated heterocycles. The third-order valence-corrected chi connectivity index (χ3v) is 1.84. The quantitative estimate of drug-likeness (QED) is 0.741. The summed E-state index contributed by atoms with van der Waals surface area (Å²) in [5.74, 6) is -0.0676. The Morgan fingerprint density at radius 1 is 1.38 bits per heavy atom. The summed E-state index contributed by atoms with van der Waals surface area (Å²) in [6, 6.07) is 3.82. The van der Waals surface area contributed by atoms with Gasteiger partial charge in [0.15, 0.2) is 0 Å². The van der Waals surface area contributed by atoms with Crippen molar-refractivity contribution in [1.82, 2.24) is 0 Å². The molecule has 0 aliphatic carbocycles. The van der Waals surface area contributed by atoms with Crippen LogP contribution in [0.2, 0.25) is 5.02 Å². The molecule has 0 aliphatic rings. The van der Waals surface area contributed by atoms with Crippen molar-refractivity contribution in [2.24, 2.45) is 0 Å². The van der Waals surface area contributed by atoms with Gasteiger partial charge < -0.3 is 4.74 Å². The van der Waals surface area contributed by atoms with Crippen LogP contribution in [0, 0.1) is 0 Å². The lowest BCUT2D eigenvalue weighted by molar-refractivity contribution is 0.149. The van der Waals surface area contributed by atoms with Crippen molar-refractivity contribution in [3.63, 3.8) is 0 Å². The smallest absolute Gasteiger partial charge is 0.265 e. The van der Waals surface area contributed by atoms with E-state index in [9.17, 15) is 13.2 Å². The molecule has 0 atom stereocenters. The van der Waals surface area contributed by atoms with Gasteiger partial charge in [-0.15, -0.1) is 0 Å². The Morgan fingerprint density at radius 2 is 2.08 bits per heavy atom. The first-order valence-electron chi connectivity index (χ1n) is 3.42. The normalized spacial score (nSPS) is 10.5. The van der Waals surface area contributed by atoms with Crippen molar-refractivity contribution in [2.45, 2.75) is 6.43 Å². The maximum absolute atomic E-state index is 12.2. The molecule has 1 rings (SSSR count). The first-order chi connectivity index (χ1) is 6.16. The van der Waals surface area contributed by atoms with Gasteiger partial charge in [-0.05, 0) is 6.07 Å². The first-order valence-corrected chi connectivity index (χ1v) is 3.80. The monoisotopic (exact) mass is 210 g/mol. The second-order valence-corrected chi connectivity index (χ2v) is 2.59. The summed E-state index contributed by atoms with van der Waals surface area (Å²) in [7, 11) is 0. The predicted octanol–water partition coefficient (Wildman–Crippen LogP) is 3.58. The van der Waals surface area contributed by atoms with Crippen LogP contribution in [-0.4, -0.2) is 6.86 Å². The van der Waals surface area contributed by atoms with E-state index in [-0.39, 0.29) is 16.3 Å². The largest absolute Gasteiger partial charge is 0.461 e. The van der Waals surface area contributed by atoms with E-state index in [2.05, 4.69) is 4.74 Å². The summed E-state index contributed by atoms with van der Waals surface area (Å²) in [6.45, 7) is -1.09. The van der Waals surface area contributed by atoms with Crippen LogP contribution in [0.4, 0.5) is 13.2 Å². The van der Waals surface area contributed by atoms with Crippen LogP contribution < -0.4 is 4.74 Å². The van der Waals surface area contributed by atoms with Gasteiger partial charge in [-0.1, -0.05) is 23.7 Å². The molecule has 0 fully saturated rings. The Balaban J connectivity index is 3.03. The third-order valence-electron chi connectivity index (χ3n) is 1.44. The number of hydrogen-bond donors (Lipinski definition) is 0. The average molecular weight is 211 g/mol. The predicted molar refractivity (Wildman–Crippen MR) is 43.0 cm³/mol. The molecule has 1 aromatic rings. The van der Waals surface area contributed by atoms with E-state index >= 15 is 0 Å². The molecule has 72 valence electrons. The highest BCUT2D eigenvalue weighted by atomic mass is 35.5. The summed E-state index contributed by atoms with van der Waals surface area (Å²) in [5, 5.41) is -0.241. The lowest BCUT2D eigenvalue weighted by Crippen LogP contribution is -1.94. The zero-order valence-electron chi connectivity index (χ0n) is 6.44. The second-order valence-electron chi connectivity index (χ2n) is 2.21. The molecule has 0 aliphatic heterocycles. The molecule has 0 bridgehead atoms. The molecule has 1 nitrogen and oxygen atoms in total. The molecule has 13 heavy (non-hydrogen) atoms. The van der Waals surface area contributed by atoms with E-state index in [1.54, 1.807) is 0 Å². The van der Waals surface area contributed by atoms with Gasteiger partial charge in [0, 0.05) is 5.56 Å². The van der Waals surface area contributed by atoms with E-state index in [1.165, 1.54) is 12.1 Å². The van der Waals surface area contributed by atoms with Crippen molar-refractivity contribution in [2.75, 3.05) is 6.86 Å². The fourth-order valence-corrected chi connectivity index (χ4v) is 1.13. The van der Waals surface area contributed by atoms with Crippen molar-refractivity contribution >= 4 is 11.6 Å². The molecule has 0 aromatic heterocycles. The fraction of sp³-hybridized carbons (Fsp3) is 0.250. The van der Waals surface area contributed by atoms with E-state index in [4.69, 9.17) is 11.6 Å². The maximum Gasteiger partial charge on any atom is 0.265 e. The van der Waals surface area contributed by atoms with Crippen LogP contribution in [-0.2, 0) is 0 Å². The van der Waals surface area contributed by atoms with Crippen LogP contribution in [0.5, 0.6) is 5.75 Å². The zero-order valence-corrected chi connectivity index (χ0v) is 7.19. The van der Waals surface area contributed by atoms with Gasteiger partial charge in [-0.25, -0.2) is 13.2 Å². The average Bonchev–Trinajstić information content (AvgIpc) is 2.08. The molecule has 5 heteroatoms. The molecule has 0 radical (unpaired) electrons. The van der Waals surface area contributed by atoms with E-state index in [0.717, 1.165) is 6.07 Å². The molecule has 0 heterocycles. The van der Waals surface area contributed by atoms with E-state index < -0.39 is 13.3 Å². The van der Waals surface area contributed by atoms with Gasteiger partial charge >= 0.3 is 0 Å². The van der Waals surface area contributed by atoms with Crippen molar-refractivity contribution in [1.29, 1.82) is 0 Å². The molecule has 0 amide bonds. The Hall–Kier alpha value is -0.900. The first kappa shape index (κ1) is 10.2. The minimum absolute atomic E-state index is 0.0676. The standard InChI is InChI=1S/C8H6ClF3O/c9-7-5(8(11)12)2-1-3-6(7)13-4-10/h1-3,8H,4H2. The summed E-state index contributed by atoms with van der Waals surface area (Å²) < 4.78 is 40.5. The summed E-state index contributed by atoms with van der Waals surface area (Å²) in [4.78, 5) is 0. The Labute approximate surface area is 78.1 Å². The minimum Gasteiger partial charge on any atom is -0.461 e. The highest BCUT2D eigenvalue weighted by Crippen LogP contribution is 2.33. The third kappa shape index (κ3) is 2.28. The minimum atomic E-state index is -2.68. The van der Waals surface area contributed by atoms with E-state index in [1.807, 2.05) is 0 Å². The van der Waals surface area contributed by atoms with Gasteiger partial charge in [0.2, 0.25) is 6.86 Å². The Kier molecular flexibility index (Phi) is 3.42. The van der Waals surface area contributed by atoms with Gasteiger partial charge in [0.25, 0.3) is 6.43 Å². The number of alkyl halides is 3. The molecular weight excluding hydrogens is 205 g/mol. The lowest BCUT2D eigenvalue weighted by atomic mass is 10.2. The van der Waals surface area contributed by atoms with E-state index in [0.29, 0.717) is 0 Å². The highest BCUT2D eigenvalue weighted by molar-refractivity contribution is 6.32. The molecule has 0 N–H and O–H groups in total. The fourth-order valence-electron chi connectivity index (χ4n) is 0.867. The Morgan fingerprint density at radius 3 is 2.62 bits per heavy atom. The number of rotatable bonds is 3. The van der Waals surface area contributed by atoms with Crippen molar-refractivity contribution in [3.05, 3.63) is 28.8 Å². The number of halogens is 4. The number of ether oxygens (including phenoxy) is 1. The summed E-state index contributed by atoms with van der Waals surface area (Å²) >= 11 is 5.51. The van der Waals surface area contributed by atoms with Crippen LogP contribution in [0.25, 0.3) is 0 Å². The topological polar surface area (TPSA) is 9.23 Å². The van der Waals surface area contributed by atoms with Crippen molar-refractivity contribution in [3.8, 4) is 5.75 Å². The number of benzene rings is 1.